The molecule has 1 heterocycles. The predicted molar refractivity (Wildman–Crippen MR) is 72.0 cm³/mol. The van der Waals surface area contributed by atoms with E-state index in [9.17, 15) is 9.59 Å². The van der Waals surface area contributed by atoms with E-state index in [1.807, 2.05) is 6.07 Å². The van der Waals surface area contributed by atoms with Crippen molar-refractivity contribution >= 4 is 23.3 Å². The third kappa shape index (κ3) is 3.00. The van der Waals surface area contributed by atoms with Gasteiger partial charge in [0.05, 0.1) is 6.20 Å². The number of aromatic nitrogens is 2. The van der Waals surface area contributed by atoms with Crippen molar-refractivity contribution in [3.05, 3.63) is 41.6 Å². The van der Waals surface area contributed by atoms with Crippen LogP contribution < -0.4 is 10.6 Å². The second kappa shape index (κ2) is 5.67. The topological polar surface area (TPSA) is 111 Å². The minimum Gasteiger partial charge on any atom is -0.326 e. The summed E-state index contributed by atoms with van der Waals surface area (Å²) in [5.74, 6) is -0.304. The van der Waals surface area contributed by atoms with Gasteiger partial charge < -0.3 is 10.6 Å². The number of hydrogen-bond donors (Lipinski definition) is 3. The molecule has 20 heavy (non-hydrogen) atoms. The van der Waals surface area contributed by atoms with E-state index in [4.69, 9.17) is 5.26 Å². The number of carbonyl (C=O) groups is 2. The highest BCUT2D eigenvalue weighted by Gasteiger charge is 2.10. The minimum absolute atomic E-state index is 0.182. The molecular weight excluding hydrogens is 258 g/mol. The molecule has 1 aromatic carbocycles. The maximum Gasteiger partial charge on any atom is 0.256 e. The molecule has 0 unspecified atom stereocenters. The lowest BCUT2D eigenvalue weighted by molar-refractivity contribution is -0.114. The lowest BCUT2D eigenvalue weighted by atomic mass is 10.2. The average Bonchev–Trinajstić information content (AvgIpc) is 2.86. The van der Waals surface area contributed by atoms with Gasteiger partial charge in [-0.05, 0) is 24.3 Å². The Morgan fingerprint density at radius 1 is 1.25 bits per heavy atom. The summed E-state index contributed by atoms with van der Waals surface area (Å²) < 4.78 is 0. The molecular formula is C13H11N5O2. The molecule has 0 saturated heterocycles. The maximum atomic E-state index is 12.0. The predicted octanol–water partition coefficient (Wildman–Crippen LogP) is 1.49. The van der Waals surface area contributed by atoms with Crippen molar-refractivity contribution in [1.29, 1.82) is 5.26 Å². The fourth-order valence-electron chi connectivity index (χ4n) is 1.56. The van der Waals surface area contributed by atoms with Gasteiger partial charge in [0, 0.05) is 18.2 Å². The Balaban J connectivity index is 2.10. The van der Waals surface area contributed by atoms with E-state index in [1.165, 1.54) is 13.1 Å². The zero-order chi connectivity index (χ0) is 14.5. The van der Waals surface area contributed by atoms with Gasteiger partial charge in [0.1, 0.15) is 17.5 Å². The zero-order valence-electron chi connectivity index (χ0n) is 10.6. The number of benzene rings is 1. The van der Waals surface area contributed by atoms with E-state index in [2.05, 4.69) is 20.8 Å². The van der Waals surface area contributed by atoms with Gasteiger partial charge in [0.2, 0.25) is 5.91 Å². The standard InChI is InChI=1S/C13H11N5O2/c1-8(19)16-11-4-2-9(3-5-11)13(20)17-12-10(6-14)7-15-18-12/h2-5,7H,1H3,(H,16,19)(H2,15,17,18,20). The van der Waals surface area contributed by atoms with Crippen LogP contribution in [-0.4, -0.2) is 22.0 Å². The fourth-order valence-corrected chi connectivity index (χ4v) is 1.56. The lowest BCUT2D eigenvalue weighted by Crippen LogP contribution is -2.13. The van der Waals surface area contributed by atoms with Crippen molar-refractivity contribution in [3.63, 3.8) is 0 Å². The summed E-state index contributed by atoms with van der Waals surface area (Å²) in [6.07, 6.45) is 1.33. The summed E-state index contributed by atoms with van der Waals surface area (Å²) in [6.45, 7) is 1.41. The number of carbonyl (C=O) groups excluding carboxylic acids is 2. The summed E-state index contributed by atoms with van der Waals surface area (Å²) >= 11 is 0. The van der Waals surface area contributed by atoms with Gasteiger partial charge in [-0.3, -0.25) is 14.7 Å². The Kier molecular flexibility index (Phi) is 3.77. The summed E-state index contributed by atoms with van der Waals surface area (Å²) in [5.41, 5.74) is 1.26. The molecule has 2 amide bonds. The quantitative estimate of drug-likeness (QED) is 0.783. The highest BCUT2D eigenvalue weighted by atomic mass is 16.2. The molecule has 7 nitrogen and oxygen atoms in total. The SMILES string of the molecule is CC(=O)Nc1ccc(C(=O)Nc2[nH]ncc2C#N)cc1. The van der Waals surface area contributed by atoms with Crippen LogP contribution in [0.3, 0.4) is 0 Å². The normalized spacial score (nSPS) is 9.60. The smallest absolute Gasteiger partial charge is 0.256 e. The molecule has 0 atom stereocenters. The third-order valence-corrected chi connectivity index (χ3v) is 2.47. The van der Waals surface area contributed by atoms with Crippen LogP contribution in [0.1, 0.15) is 22.8 Å². The summed E-state index contributed by atoms with van der Waals surface area (Å²) in [4.78, 5) is 22.8. The summed E-state index contributed by atoms with van der Waals surface area (Å²) in [5, 5.41) is 20.2. The van der Waals surface area contributed by atoms with Crippen molar-refractivity contribution in [2.45, 2.75) is 6.92 Å². The largest absolute Gasteiger partial charge is 0.326 e. The number of amides is 2. The van der Waals surface area contributed by atoms with Crippen LogP contribution in [-0.2, 0) is 4.79 Å². The molecule has 100 valence electrons. The number of nitrogens with one attached hydrogen (secondary N) is 3. The van der Waals surface area contributed by atoms with E-state index in [1.54, 1.807) is 24.3 Å². The lowest BCUT2D eigenvalue weighted by Gasteiger charge is -2.05. The molecule has 0 fully saturated rings. The van der Waals surface area contributed by atoms with Gasteiger partial charge in [-0.1, -0.05) is 0 Å². The first-order valence-electron chi connectivity index (χ1n) is 5.72. The third-order valence-electron chi connectivity index (χ3n) is 2.47. The van der Waals surface area contributed by atoms with Crippen molar-refractivity contribution < 1.29 is 9.59 Å². The molecule has 1 aromatic heterocycles. The van der Waals surface area contributed by atoms with Crippen molar-refractivity contribution in [2.75, 3.05) is 10.6 Å². The van der Waals surface area contributed by atoms with E-state index in [0.717, 1.165) is 0 Å². The van der Waals surface area contributed by atoms with Crippen molar-refractivity contribution in [2.24, 2.45) is 0 Å². The van der Waals surface area contributed by atoms with Crippen LogP contribution in [0, 0.1) is 11.3 Å². The Labute approximate surface area is 114 Å². The number of hydrogen-bond acceptors (Lipinski definition) is 4. The first kappa shape index (κ1) is 13.3. The van der Waals surface area contributed by atoms with E-state index in [-0.39, 0.29) is 23.2 Å². The first-order valence-corrected chi connectivity index (χ1v) is 5.72. The number of H-pyrrole nitrogens is 1. The molecule has 0 spiro atoms. The van der Waals surface area contributed by atoms with Crippen LogP contribution in [0.2, 0.25) is 0 Å². The van der Waals surface area contributed by atoms with Crippen molar-refractivity contribution in [3.8, 4) is 6.07 Å². The molecule has 0 aliphatic heterocycles. The molecule has 3 N–H and O–H groups in total. The molecule has 0 aliphatic carbocycles. The van der Waals surface area contributed by atoms with Gasteiger partial charge in [-0.25, -0.2) is 0 Å². The fraction of sp³-hybridized carbons (Fsp3) is 0.0769. The van der Waals surface area contributed by atoms with Crippen molar-refractivity contribution in [1.82, 2.24) is 10.2 Å². The van der Waals surface area contributed by atoms with E-state index >= 15 is 0 Å². The summed E-state index contributed by atoms with van der Waals surface area (Å²) in [7, 11) is 0. The number of rotatable bonds is 3. The van der Waals surface area contributed by atoms with Gasteiger partial charge >= 0.3 is 0 Å². The first-order chi connectivity index (χ1) is 9.60. The van der Waals surface area contributed by atoms with Gasteiger partial charge in [-0.15, -0.1) is 0 Å². The molecule has 0 radical (unpaired) electrons. The summed E-state index contributed by atoms with van der Waals surface area (Å²) in [6, 6.07) is 8.29. The van der Waals surface area contributed by atoms with Gasteiger partial charge in [-0.2, -0.15) is 10.4 Å². The minimum atomic E-state index is -0.375. The number of aromatic amines is 1. The highest BCUT2D eigenvalue weighted by Crippen LogP contribution is 2.13. The molecule has 2 aromatic rings. The van der Waals surface area contributed by atoms with E-state index < -0.39 is 0 Å². The van der Waals surface area contributed by atoms with Gasteiger partial charge in [0.25, 0.3) is 5.91 Å². The van der Waals surface area contributed by atoms with E-state index in [0.29, 0.717) is 11.3 Å². The molecule has 2 rings (SSSR count). The van der Waals surface area contributed by atoms with Gasteiger partial charge in [0.15, 0.2) is 0 Å². The highest BCUT2D eigenvalue weighted by molar-refractivity contribution is 6.04. The Morgan fingerprint density at radius 3 is 2.55 bits per heavy atom. The molecule has 7 heteroatoms. The Bertz CT molecular complexity index is 682. The number of nitrogens with zero attached hydrogens (tertiary/aromatic N) is 2. The second-order valence-electron chi connectivity index (χ2n) is 3.98. The molecule has 0 saturated carbocycles. The van der Waals surface area contributed by atoms with Crippen LogP contribution in [0.4, 0.5) is 11.5 Å². The molecule has 0 bridgehead atoms. The second-order valence-corrected chi connectivity index (χ2v) is 3.98. The average molecular weight is 269 g/mol. The van der Waals surface area contributed by atoms with Crippen LogP contribution >= 0.6 is 0 Å². The van der Waals surface area contributed by atoms with Crippen LogP contribution in [0.5, 0.6) is 0 Å². The maximum absolute atomic E-state index is 12.0. The Morgan fingerprint density at radius 2 is 1.95 bits per heavy atom. The monoisotopic (exact) mass is 269 g/mol. The van der Waals surface area contributed by atoms with Crippen LogP contribution in [0.25, 0.3) is 0 Å². The molecule has 0 aliphatic rings. The number of nitriles is 1. The zero-order valence-corrected chi connectivity index (χ0v) is 10.6. The number of anilines is 2. The van der Waals surface area contributed by atoms with Crippen LogP contribution in [0.15, 0.2) is 30.5 Å². The Hall–Kier alpha value is -3.14.